The summed E-state index contributed by atoms with van der Waals surface area (Å²) in [6.45, 7) is 2.14. The van der Waals surface area contributed by atoms with Crippen LogP contribution >= 0.6 is 11.6 Å². The second kappa shape index (κ2) is 8.01. The topological polar surface area (TPSA) is 79.5 Å². The normalized spacial score (nSPS) is 11.1. The maximum atomic E-state index is 13.0. The van der Waals surface area contributed by atoms with Crippen LogP contribution < -0.4 is 5.43 Å². The third-order valence-corrected chi connectivity index (χ3v) is 4.26. The van der Waals surface area contributed by atoms with Crippen molar-refractivity contribution in [2.45, 2.75) is 13.5 Å². The number of hydrogen-bond acceptors (Lipinski definition) is 4. The Balaban J connectivity index is 1.72. The molecule has 6 nitrogen and oxygen atoms in total. The van der Waals surface area contributed by atoms with Crippen molar-refractivity contribution in [3.05, 3.63) is 81.9 Å². The number of aromatic nitrogens is 2. The Morgan fingerprint density at radius 1 is 1.30 bits per heavy atom. The van der Waals surface area contributed by atoms with Gasteiger partial charge in [0.05, 0.1) is 29.6 Å². The van der Waals surface area contributed by atoms with E-state index in [-0.39, 0.29) is 17.1 Å². The van der Waals surface area contributed by atoms with E-state index in [1.54, 1.807) is 35.9 Å². The van der Waals surface area contributed by atoms with Crippen LogP contribution in [-0.4, -0.2) is 27.0 Å². The lowest BCUT2D eigenvalue weighted by atomic mass is 10.2. The summed E-state index contributed by atoms with van der Waals surface area (Å²) in [4.78, 5) is 12.0. The van der Waals surface area contributed by atoms with E-state index in [0.717, 1.165) is 5.56 Å². The molecule has 0 spiro atoms. The number of nitrogens with one attached hydrogen (secondary N) is 1. The van der Waals surface area contributed by atoms with Crippen molar-refractivity contribution in [2.24, 2.45) is 5.10 Å². The standard InChI is InChI=1S/C19H16ClFN4O2/c1-12-16(10-22-23-19(27)15-4-2-3-5-17(15)26)18(20)25(24-12)11-13-6-8-14(21)9-7-13/h2-10,26H,11H2,1H3,(H,23,27). The van der Waals surface area contributed by atoms with Crippen molar-refractivity contribution in [2.75, 3.05) is 0 Å². The van der Waals surface area contributed by atoms with Crippen molar-refractivity contribution in [1.82, 2.24) is 15.2 Å². The molecule has 8 heteroatoms. The van der Waals surface area contributed by atoms with Crippen LogP contribution in [0.4, 0.5) is 4.39 Å². The maximum absolute atomic E-state index is 13.0. The third kappa shape index (κ3) is 4.32. The van der Waals surface area contributed by atoms with Crippen LogP contribution in [0.25, 0.3) is 0 Å². The minimum absolute atomic E-state index is 0.115. The largest absolute Gasteiger partial charge is 0.507 e. The first-order chi connectivity index (χ1) is 13.0. The summed E-state index contributed by atoms with van der Waals surface area (Å²) in [5.41, 5.74) is 4.48. The minimum atomic E-state index is -0.545. The van der Waals surface area contributed by atoms with Gasteiger partial charge in [-0.15, -0.1) is 0 Å². The lowest BCUT2D eigenvalue weighted by Crippen LogP contribution is -2.17. The Bertz CT molecular complexity index is 999. The van der Waals surface area contributed by atoms with Gasteiger partial charge in [0.15, 0.2) is 0 Å². The van der Waals surface area contributed by atoms with Crippen LogP contribution in [0, 0.1) is 12.7 Å². The molecule has 0 aliphatic rings. The first-order valence-electron chi connectivity index (χ1n) is 8.04. The average molecular weight is 387 g/mol. The molecule has 138 valence electrons. The Morgan fingerprint density at radius 3 is 2.70 bits per heavy atom. The average Bonchev–Trinajstić information content (AvgIpc) is 2.91. The number of amides is 1. The Labute approximate surface area is 159 Å². The minimum Gasteiger partial charge on any atom is -0.507 e. The smallest absolute Gasteiger partial charge is 0.275 e. The van der Waals surface area contributed by atoms with Crippen molar-refractivity contribution in [3.8, 4) is 5.75 Å². The number of carbonyl (C=O) groups excluding carboxylic acids is 1. The van der Waals surface area contributed by atoms with E-state index in [4.69, 9.17) is 11.6 Å². The monoisotopic (exact) mass is 386 g/mol. The first-order valence-corrected chi connectivity index (χ1v) is 8.42. The van der Waals surface area contributed by atoms with Crippen molar-refractivity contribution in [1.29, 1.82) is 0 Å². The van der Waals surface area contributed by atoms with Gasteiger partial charge in [-0.05, 0) is 36.8 Å². The van der Waals surface area contributed by atoms with Gasteiger partial charge in [0.25, 0.3) is 5.91 Å². The molecule has 1 heterocycles. The lowest BCUT2D eigenvalue weighted by Gasteiger charge is -2.03. The number of nitrogens with zero attached hydrogens (tertiary/aromatic N) is 3. The molecule has 0 saturated heterocycles. The van der Waals surface area contributed by atoms with E-state index < -0.39 is 5.91 Å². The lowest BCUT2D eigenvalue weighted by molar-refractivity contribution is 0.0952. The second-order valence-electron chi connectivity index (χ2n) is 5.79. The van der Waals surface area contributed by atoms with Crippen molar-refractivity contribution in [3.63, 3.8) is 0 Å². The second-order valence-corrected chi connectivity index (χ2v) is 6.15. The van der Waals surface area contributed by atoms with Crippen molar-refractivity contribution >= 4 is 23.7 Å². The highest BCUT2D eigenvalue weighted by atomic mass is 35.5. The summed E-state index contributed by atoms with van der Waals surface area (Å²) < 4.78 is 14.6. The van der Waals surface area contributed by atoms with Gasteiger partial charge < -0.3 is 5.11 Å². The SMILES string of the molecule is Cc1nn(Cc2ccc(F)cc2)c(Cl)c1C=NNC(=O)c1ccccc1O. The third-order valence-electron chi connectivity index (χ3n) is 3.86. The van der Waals surface area contributed by atoms with E-state index >= 15 is 0 Å². The van der Waals surface area contributed by atoms with Crippen LogP contribution in [0.3, 0.4) is 0 Å². The highest BCUT2D eigenvalue weighted by Gasteiger charge is 2.13. The molecular weight excluding hydrogens is 371 g/mol. The van der Waals surface area contributed by atoms with Gasteiger partial charge >= 0.3 is 0 Å². The predicted molar refractivity (Wildman–Crippen MR) is 101 cm³/mol. The molecule has 2 N–H and O–H groups in total. The molecule has 2 aromatic carbocycles. The van der Waals surface area contributed by atoms with Gasteiger partial charge in [-0.25, -0.2) is 14.5 Å². The quantitative estimate of drug-likeness (QED) is 0.520. The van der Waals surface area contributed by atoms with Gasteiger partial charge in [-0.3, -0.25) is 4.79 Å². The predicted octanol–water partition coefficient (Wildman–Crippen LogP) is 3.50. The van der Waals surface area contributed by atoms with Gasteiger partial charge in [0, 0.05) is 0 Å². The number of phenolic OH excluding ortho intramolecular Hbond substituents is 1. The number of rotatable bonds is 5. The zero-order valence-electron chi connectivity index (χ0n) is 14.4. The summed E-state index contributed by atoms with van der Waals surface area (Å²) in [6.07, 6.45) is 1.39. The van der Waals surface area contributed by atoms with Crippen LogP contribution in [0.15, 0.2) is 53.6 Å². The number of hydrazone groups is 1. The molecule has 0 saturated carbocycles. The summed E-state index contributed by atoms with van der Waals surface area (Å²) in [7, 11) is 0. The van der Waals surface area contributed by atoms with Crippen molar-refractivity contribution < 1.29 is 14.3 Å². The molecular formula is C19H16ClFN4O2. The molecule has 27 heavy (non-hydrogen) atoms. The summed E-state index contributed by atoms with van der Waals surface area (Å²) >= 11 is 6.35. The van der Waals surface area contributed by atoms with E-state index in [0.29, 0.717) is 23.0 Å². The molecule has 0 aliphatic carbocycles. The number of carbonyl (C=O) groups is 1. The number of hydrogen-bond donors (Lipinski definition) is 2. The number of para-hydroxylation sites is 1. The number of halogens is 2. The molecule has 0 aliphatic heterocycles. The Morgan fingerprint density at radius 2 is 2.00 bits per heavy atom. The molecule has 3 aromatic rings. The number of phenols is 1. The van der Waals surface area contributed by atoms with E-state index in [1.165, 1.54) is 30.5 Å². The zero-order chi connectivity index (χ0) is 19.4. The molecule has 0 fully saturated rings. The molecule has 1 aromatic heterocycles. The molecule has 0 bridgehead atoms. The highest BCUT2D eigenvalue weighted by molar-refractivity contribution is 6.32. The van der Waals surface area contributed by atoms with Gasteiger partial charge in [0.2, 0.25) is 0 Å². The molecule has 0 radical (unpaired) electrons. The van der Waals surface area contributed by atoms with E-state index in [1.807, 2.05) is 0 Å². The molecule has 0 atom stereocenters. The van der Waals surface area contributed by atoms with Gasteiger partial charge in [-0.2, -0.15) is 10.2 Å². The highest BCUT2D eigenvalue weighted by Crippen LogP contribution is 2.19. The summed E-state index contributed by atoms with van der Waals surface area (Å²) in [6, 6.07) is 12.2. The van der Waals surface area contributed by atoms with E-state index in [2.05, 4.69) is 15.6 Å². The van der Waals surface area contributed by atoms with Crippen LogP contribution in [-0.2, 0) is 6.54 Å². The maximum Gasteiger partial charge on any atom is 0.275 e. The number of aromatic hydroxyl groups is 1. The summed E-state index contributed by atoms with van der Waals surface area (Å²) in [5.74, 6) is -0.988. The fraction of sp³-hybridized carbons (Fsp3) is 0.105. The van der Waals surface area contributed by atoms with Gasteiger partial charge in [-0.1, -0.05) is 35.9 Å². The molecule has 1 amide bonds. The van der Waals surface area contributed by atoms with E-state index in [9.17, 15) is 14.3 Å². The first kappa shape index (κ1) is 18.6. The Hall–Kier alpha value is -3.19. The Kier molecular flexibility index (Phi) is 5.52. The number of benzene rings is 2. The molecule has 3 rings (SSSR count). The van der Waals surface area contributed by atoms with Crippen LogP contribution in [0.1, 0.15) is 27.2 Å². The zero-order valence-corrected chi connectivity index (χ0v) is 15.1. The van der Waals surface area contributed by atoms with Gasteiger partial charge in [0.1, 0.15) is 16.7 Å². The van der Waals surface area contributed by atoms with Crippen LogP contribution in [0.5, 0.6) is 5.75 Å². The van der Waals surface area contributed by atoms with Crippen LogP contribution in [0.2, 0.25) is 5.15 Å². The summed E-state index contributed by atoms with van der Waals surface area (Å²) in [5, 5.41) is 18.3. The molecule has 0 unspecified atom stereocenters. The fourth-order valence-corrected chi connectivity index (χ4v) is 2.75. The number of aryl methyl sites for hydroxylation is 1. The fourth-order valence-electron chi connectivity index (χ4n) is 2.46.